The molecule has 0 radical (unpaired) electrons. The number of nitrogens with one attached hydrogen (secondary N) is 1. The molecule has 0 spiro atoms. The van der Waals surface area contributed by atoms with Gasteiger partial charge in [-0.1, -0.05) is 54.9 Å². The average Bonchev–Trinajstić information content (AvgIpc) is 2.27. The van der Waals surface area contributed by atoms with Crippen LogP contribution in [-0.4, -0.2) is 17.5 Å². The van der Waals surface area contributed by atoms with Gasteiger partial charge in [0, 0.05) is 12.3 Å². The van der Waals surface area contributed by atoms with E-state index in [4.69, 9.17) is 23.2 Å². The Bertz CT molecular complexity index is 458. The van der Waals surface area contributed by atoms with Crippen LogP contribution >= 0.6 is 35.0 Å². The van der Waals surface area contributed by atoms with Gasteiger partial charge in [0.1, 0.15) is 0 Å². The highest BCUT2D eigenvalue weighted by Crippen LogP contribution is 2.32. The Morgan fingerprint density at radius 2 is 2.12 bits per heavy atom. The second-order valence-corrected chi connectivity index (χ2v) is 6.55. The predicted octanol–water partition coefficient (Wildman–Crippen LogP) is 4.53. The molecule has 92 valence electrons. The number of halogens is 2. The van der Waals surface area contributed by atoms with Gasteiger partial charge in [-0.25, -0.2) is 0 Å². The van der Waals surface area contributed by atoms with Gasteiger partial charge in [-0.2, -0.15) is 0 Å². The molecule has 1 aliphatic rings. The Hall–Kier alpha value is -0.380. The van der Waals surface area contributed by atoms with Gasteiger partial charge in [-0.05, 0) is 17.5 Å². The van der Waals surface area contributed by atoms with E-state index in [0.717, 1.165) is 23.2 Å². The van der Waals surface area contributed by atoms with Crippen LogP contribution in [0.4, 0.5) is 5.69 Å². The molecule has 0 fully saturated rings. The number of hydrogen-bond acceptors (Lipinski definition) is 3. The summed E-state index contributed by atoms with van der Waals surface area (Å²) in [6, 6.07) is 5.54. The predicted molar refractivity (Wildman–Crippen MR) is 78.6 cm³/mol. The Morgan fingerprint density at radius 1 is 1.35 bits per heavy atom. The Balaban J connectivity index is 2.12. The molecule has 1 N–H and O–H groups in total. The van der Waals surface area contributed by atoms with Crippen molar-refractivity contribution in [1.82, 2.24) is 0 Å². The van der Waals surface area contributed by atoms with Crippen LogP contribution in [0.2, 0.25) is 10.0 Å². The van der Waals surface area contributed by atoms with Gasteiger partial charge >= 0.3 is 0 Å². The van der Waals surface area contributed by atoms with Crippen LogP contribution in [0.5, 0.6) is 0 Å². The standard InChI is InChI=1S/C12H14Cl2N2S/c1-12(2)6-15-11(17-7-12)16-9-5-3-4-8(13)10(9)14/h3-5H,6-7H2,1-2H3,(H,15,16). The molecule has 1 aromatic carbocycles. The highest BCUT2D eigenvalue weighted by Gasteiger charge is 2.23. The van der Waals surface area contributed by atoms with Crippen LogP contribution < -0.4 is 5.32 Å². The number of benzene rings is 1. The number of rotatable bonds is 1. The largest absolute Gasteiger partial charge is 0.334 e. The van der Waals surface area contributed by atoms with E-state index < -0.39 is 0 Å². The van der Waals surface area contributed by atoms with Crippen molar-refractivity contribution in [2.45, 2.75) is 13.8 Å². The van der Waals surface area contributed by atoms with Crippen LogP contribution in [0.1, 0.15) is 13.8 Å². The lowest BCUT2D eigenvalue weighted by atomic mass is 9.97. The van der Waals surface area contributed by atoms with Gasteiger partial charge in [-0.3, -0.25) is 4.99 Å². The van der Waals surface area contributed by atoms with Crippen molar-refractivity contribution in [2.24, 2.45) is 10.4 Å². The van der Waals surface area contributed by atoms with Gasteiger partial charge in [0.15, 0.2) is 5.17 Å². The minimum Gasteiger partial charge on any atom is -0.334 e. The van der Waals surface area contributed by atoms with Gasteiger partial charge < -0.3 is 5.32 Å². The molecular formula is C12H14Cl2N2S. The quantitative estimate of drug-likeness (QED) is 0.821. The van der Waals surface area contributed by atoms with Crippen molar-refractivity contribution in [1.29, 1.82) is 0 Å². The summed E-state index contributed by atoms with van der Waals surface area (Å²) in [5.74, 6) is 1.05. The highest BCUT2D eigenvalue weighted by molar-refractivity contribution is 8.14. The first-order chi connectivity index (χ1) is 7.98. The molecule has 0 atom stereocenters. The zero-order valence-corrected chi connectivity index (χ0v) is 12.1. The summed E-state index contributed by atoms with van der Waals surface area (Å²) >= 11 is 13.8. The van der Waals surface area contributed by atoms with Gasteiger partial charge in [0.05, 0.1) is 15.7 Å². The van der Waals surface area contributed by atoms with Crippen molar-refractivity contribution in [2.75, 3.05) is 17.6 Å². The lowest BCUT2D eigenvalue weighted by Gasteiger charge is -2.27. The normalized spacial score (nSPS) is 18.7. The van der Waals surface area contributed by atoms with Crippen LogP contribution in [0, 0.1) is 5.41 Å². The van der Waals surface area contributed by atoms with Crippen molar-refractivity contribution in [3.63, 3.8) is 0 Å². The molecule has 0 amide bonds. The molecular weight excluding hydrogens is 275 g/mol. The van der Waals surface area contributed by atoms with Gasteiger partial charge in [-0.15, -0.1) is 0 Å². The molecule has 0 bridgehead atoms. The second-order valence-electron chi connectivity index (χ2n) is 4.80. The molecule has 0 aliphatic carbocycles. The molecule has 0 aromatic heterocycles. The number of aliphatic imine (C=N–C) groups is 1. The van der Waals surface area contributed by atoms with Crippen LogP contribution in [0.25, 0.3) is 0 Å². The molecule has 0 saturated heterocycles. The fourth-order valence-corrected chi connectivity index (χ4v) is 2.74. The zero-order valence-electron chi connectivity index (χ0n) is 9.76. The minimum absolute atomic E-state index is 0.272. The van der Waals surface area contributed by atoms with Crippen molar-refractivity contribution in [3.8, 4) is 0 Å². The van der Waals surface area contributed by atoms with Crippen molar-refractivity contribution < 1.29 is 0 Å². The minimum atomic E-state index is 0.272. The van der Waals surface area contributed by atoms with E-state index in [-0.39, 0.29) is 5.41 Å². The summed E-state index contributed by atoms with van der Waals surface area (Å²) in [5, 5.41) is 5.23. The first-order valence-corrected chi connectivity index (χ1v) is 7.10. The van der Waals surface area contributed by atoms with E-state index in [1.54, 1.807) is 17.8 Å². The van der Waals surface area contributed by atoms with Crippen molar-refractivity contribution in [3.05, 3.63) is 28.2 Å². The monoisotopic (exact) mass is 288 g/mol. The number of nitrogens with zero attached hydrogens (tertiary/aromatic N) is 1. The Morgan fingerprint density at radius 3 is 2.76 bits per heavy atom. The maximum absolute atomic E-state index is 6.11. The molecule has 5 heteroatoms. The van der Waals surface area contributed by atoms with E-state index in [1.165, 1.54) is 0 Å². The molecule has 1 heterocycles. The molecule has 1 aromatic rings. The van der Waals surface area contributed by atoms with Gasteiger partial charge in [0.25, 0.3) is 0 Å². The third-order valence-corrected chi connectivity index (χ3v) is 4.69. The summed E-state index contributed by atoms with van der Waals surface area (Å²) < 4.78 is 0. The third kappa shape index (κ3) is 3.30. The lowest BCUT2D eigenvalue weighted by Crippen LogP contribution is -2.27. The Kier molecular flexibility index (Phi) is 3.91. The molecule has 0 unspecified atom stereocenters. The number of hydrogen-bond donors (Lipinski definition) is 1. The second kappa shape index (κ2) is 5.09. The Labute approximate surface area is 116 Å². The van der Waals surface area contributed by atoms with E-state index in [9.17, 15) is 0 Å². The number of amidine groups is 1. The summed E-state index contributed by atoms with van der Waals surface area (Å²) in [7, 11) is 0. The summed E-state index contributed by atoms with van der Waals surface area (Å²) in [4.78, 5) is 4.52. The maximum atomic E-state index is 6.11. The first-order valence-electron chi connectivity index (χ1n) is 5.36. The average molecular weight is 289 g/mol. The molecule has 1 aliphatic heterocycles. The summed E-state index contributed by atoms with van der Waals surface area (Å²) in [6.07, 6.45) is 0. The SMILES string of the molecule is CC1(C)CN=C(Nc2cccc(Cl)c2Cl)SC1. The lowest BCUT2D eigenvalue weighted by molar-refractivity contribution is 0.438. The summed E-state index contributed by atoms with van der Waals surface area (Å²) in [5.41, 5.74) is 1.08. The van der Waals surface area contributed by atoms with Gasteiger partial charge in [0.2, 0.25) is 0 Å². The molecule has 17 heavy (non-hydrogen) atoms. The number of thioether (sulfide) groups is 1. The van der Waals surface area contributed by atoms with E-state index >= 15 is 0 Å². The highest BCUT2D eigenvalue weighted by atomic mass is 35.5. The molecule has 0 saturated carbocycles. The van der Waals surface area contributed by atoms with Crippen LogP contribution in [0.3, 0.4) is 0 Å². The van der Waals surface area contributed by atoms with Crippen molar-refractivity contribution >= 4 is 45.8 Å². The smallest absolute Gasteiger partial charge is 0.161 e. The van der Waals surface area contributed by atoms with E-state index in [1.807, 2.05) is 12.1 Å². The maximum Gasteiger partial charge on any atom is 0.161 e. The third-order valence-electron chi connectivity index (χ3n) is 2.44. The molecule has 2 nitrogen and oxygen atoms in total. The fraction of sp³-hybridized carbons (Fsp3) is 0.417. The number of anilines is 1. The van der Waals surface area contributed by atoms with Crippen LogP contribution in [0.15, 0.2) is 23.2 Å². The molecule has 2 rings (SSSR count). The van der Waals surface area contributed by atoms with E-state index in [0.29, 0.717) is 10.0 Å². The summed E-state index contributed by atoms with van der Waals surface area (Å²) in [6.45, 7) is 5.26. The van der Waals surface area contributed by atoms with E-state index in [2.05, 4.69) is 24.2 Å². The fourth-order valence-electron chi connectivity index (χ4n) is 1.43. The van der Waals surface area contributed by atoms with Crippen LogP contribution in [-0.2, 0) is 0 Å². The first kappa shape index (κ1) is 13.1. The topological polar surface area (TPSA) is 24.4 Å². The zero-order chi connectivity index (χ0) is 12.5.